The number of ether oxygens (including phenoxy) is 2. The molecule has 1 aromatic heterocycles. The van der Waals surface area contributed by atoms with Crippen molar-refractivity contribution in [1.29, 1.82) is 0 Å². The SMILES string of the molecule is COC(=O)C(C)Oc1cccc(C2CCCN(S(=O)(=O)c3cccc(-c4ccsc4)c3)C2)c1. The lowest BCUT2D eigenvalue weighted by Gasteiger charge is -2.32. The summed E-state index contributed by atoms with van der Waals surface area (Å²) >= 11 is 1.59. The highest BCUT2D eigenvalue weighted by Crippen LogP contribution is 2.33. The first-order chi connectivity index (χ1) is 15.9. The lowest BCUT2D eigenvalue weighted by Crippen LogP contribution is -2.39. The van der Waals surface area contributed by atoms with Crippen LogP contribution >= 0.6 is 11.3 Å². The number of hydrogen-bond acceptors (Lipinski definition) is 6. The van der Waals surface area contributed by atoms with Gasteiger partial charge in [0.25, 0.3) is 0 Å². The van der Waals surface area contributed by atoms with Crippen LogP contribution < -0.4 is 4.74 Å². The molecule has 0 radical (unpaired) electrons. The molecule has 1 saturated heterocycles. The molecule has 2 heterocycles. The molecule has 8 heteroatoms. The number of carbonyl (C=O) groups excluding carboxylic acids is 1. The first-order valence-electron chi connectivity index (χ1n) is 10.9. The van der Waals surface area contributed by atoms with E-state index in [1.807, 2.05) is 41.1 Å². The molecule has 0 aliphatic carbocycles. The van der Waals surface area contributed by atoms with Gasteiger partial charge in [0.05, 0.1) is 12.0 Å². The summed E-state index contributed by atoms with van der Waals surface area (Å²) < 4.78 is 38.9. The molecule has 0 saturated carbocycles. The minimum Gasteiger partial charge on any atom is -0.479 e. The third-order valence-corrected chi connectivity index (χ3v) is 8.43. The highest BCUT2D eigenvalue weighted by Gasteiger charge is 2.31. The second-order valence-corrected chi connectivity index (χ2v) is 10.8. The maximum absolute atomic E-state index is 13.5. The number of carbonyl (C=O) groups is 1. The van der Waals surface area contributed by atoms with Crippen molar-refractivity contribution in [2.75, 3.05) is 20.2 Å². The van der Waals surface area contributed by atoms with Crippen LogP contribution in [0.5, 0.6) is 5.75 Å². The Balaban J connectivity index is 1.52. The van der Waals surface area contributed by atoms with E-state index in [2.05, 4.69) is 0 Å². The van der Waals surface area contributed by atoms with Crippen LogP contribution in [0.4, 0.5) is 0 Å². The number of rotatable bonds is 7. The summed E-state index contributed by atoms with van der Waals surface area (Å²) in [4.78, 5) is 12.0. The normalized spacial score (nSPS) is 17.9. The van der Waals surface area contributed by atoms with Gasteiger partial charge in [0.2, 0.25) is 10.0 Å². The summed E-state index contributed by atoms with van der Waals surface area (Å²) in [7, 11) is -2.29. The molecular formula is C25H27NO5S2. The molecule has 33 heavy (non-hydrogen) atoms. The summed E-state index contributed by atoms with van der Waals surface area (Å²) in [5.41, 5.74) is 2.92. The molecular weight excluding hydrogens is 458 g/mol. The first-order valence-corrected chi connectivity index (χ1v) is 13.2. The number of methoxy groups -OCH3 is 1. The van der Waals surface area contributed by atoms with Crippen molar-refractivity contribution < 1.29 is 22.7 Å². The Labute approximate surface area is 198 Å². The largest absolute Gasteiger partial charge is 0.479 e. The van der Waals surface area contributed by atoms with Crippen molar-refractivity contribution in [3.63, 3.8) is 0 Å². The highest BCUT2D eigenvalue weighted by atomic mass is 32.2. The van der Waals surface area contributed by atoms with Gasteiger partial charge in [-0.15, -0.1) is 0 Å². The topological polar surface area (TPSA) is 72.9 Å². The minimum atomic E-state index is -3.62. The smallest absolute Gasteiger partial charge is 0.346 e. The van der Waals surface area contributed by atoms with Crippen LogP contribution in [0, 0.1) is 0 Å². The zero-order valence-electron chi connectivity index (χ0n) is 18.6. The number of piperidine rings is 1. The van der Waals surface area contributed by atoms with Crippen molar-refractivity contribution >= 4 is 27.3 Å². The Morgan fingerprint density at radius 1 is 1.12 bits per heavy atom. The Kier molecular flexibility index (Phi) is 7.17. The molecule has 0 bridgehead atoms. The fraction of sp³-hybridized carbons (Fsp3) is 0.320. The first kappa shape index (κ1) is 23.5. The zero-order chi connectivity index (χ0) is 23.4. The summed E-state index contributed by atoms with van der Waals surface area (Å²) in [5.74, 6) is 0.166. The molecule has 1 fully saturated rings. The quantitative estimate of drug-likeness (QED) is 0.444. The number of benzene rings is 2. The van der Waals surface area contributed by atoms with Crippen LogP contribution in [0.2, 0.25) is 0 Å². The number of thiophene rings is 1. The summed E-state index contributed by atoms with van der Waals surface area (Å²) in [5, 5.41) is 3.99. The number of esters is 1. The molecule has 3 aromatic rings. The maximum Gasteiger partial charge on any atom is 0.346 e. The molecule has 0 N–H and O–H groups in total. The van der Waals surface area contributed by atoms with E-state index < -0.39 is 22.1 Å². The molecule has 4 rings (SSSR count). The van der Waals surface area contributed by atoms with Crippen molar-refractivity contribution in [3.8, 4) is 16.9 Å². The van der Waals surface area contributed by atoms with Gasteiger partial charge in [0.1, 0.15) is 5.75 Å². The molecule has 1 aliphatic rings. The molecule has 0 spiro atoms. The van der Waals surface area contributed by atoms with E-state index in [4.69, 9.17) is 9.47 Å². The average Bonchev–Trinajstić information content (AvgIpc) is 3.39. The van der Waals surface area contributed by atoms with Crippen LogP contribution in [0.15, 0.2) is 70.3 Å². The standard InChI is InChI=1S/C25H27NO5S2/c1-18(25(27)30-2)31-23-9-3-6-19(14-23)21-8-5-12-26(16-21)33(28,29)24-10-4-7-20(15-24)22-11-13-32-17-22/h3-4,6-7,9-11,13-15,17-18,21H,5,8,12,16H2,1-2H3. The van der Waals surface area contributed by atoms with E-state index in [1.54, 1.807) is 46.8 Å². The van der Waals surface area contributed by atoms with Gasteiger partial charge in [0, 0.05) is 13.1 Å². The number of hydrogen-bond donors (Lipinski definition) is 0. The Bertz CT molecular complexity index is 1210. The molecule has 0 amide bonds. The van der Waals surface area contributed by atoms with Gasteiger partial charge in [-0.3, -0.25) is 0 Å². The van der Waals surface area contributed by atoms with E-state index in [1.165, 1.54) is 7.11 Å². The summed E-state index contributed by atoms with van der Waals surface area (Å²) in [6, 6.07) is 16.7. The van der Waals surface area contributed by atoms with Crippen LogP contribution in [-0.4, -0.2) is 45.0 Å². The predicted octanol–water partition coefficient (Wildman–Crippen LogP) is 4.92. The van der Waals surface area contributed by atoms with Crippen LogP contribution in [0.3, 0.4) is 0 Å². The molecule has 174 valence electrons. The fourth-order valence-electron chi connectivity index (χ4n) is 4.11. The van der Waals surface area contributed by atoms with Gasteiger partial charge in [-0.25, -0.2) is 13.2 Å². The highest BCUT2D eigenvalue weighted by molar-refractivity contribution is 7.89. The van der Waals surface area contributed by atoms with Crippen LogP contribution in [0.1, 0.15) is 31.2 Å². The van der Waals surface area contributed by atoms with Crippen molar-refractivity contribution in [2.45, 2.75) is 36.7 Å². The Morgan fingerprint density at radius 3 is 2.70 bits per heavy atom. The second kappa shape index (κ2) is 10.1. The van der Waals surface area contributed by atoms with Gasteiger partial charge in [-0.05, 0) is 83.5 Å². The Hall–Kier alpha value is -2.68. The fourth-order valence-corrected chi connectivity index (χ4v) is 6.34. The van der Waals surface area contributed by atoms with E-state index in [0.29, 0.717) is 23.7 Å². The third-order valence-electron chi connectivity index (χ3n) is 5.89. The van der Waals surface area contributed by atoms with Gasteiger partial charge in [-0.1, -0.05) is 24.3 Å². The maximum atomic E-state index is 13.5. The van der Waals surface area contributed by atoms with Crippen molar-refractivity contribution in [1.82, 2.24) is 4.31 Å². The predicted molar refractivity (Wildman–Crippen MR) is 129 cm³/mol. The lowest BCUT2D eigenvalue weighted by molar-refractivity contribution is -0.147. The molecule has 6 nitrogen and oxygen atoms in total. The van der Waals surface area contributed by atoms with Gasteiger partial charge >= 0.3 is 5.97 Å². The summed E-state index contributed by atoms with van der Waals surface area (Å²) in [6.07, 6.45) is 0.943. The number of sulfonamides is 1. The monoisotopic (exact) mass is 485 g/mol. The minimum absolute atomic E-state index is 0.0468. The summed E-state index contributed by atoms with van der Waals surface area (Å²) in [6.45, 7) is 2.54. The molecule has 1 aliphatic heterocycles. The van der Waals surface area contributed by atoms with Gasteiger partial charge < -0.3 is 9.47 Å². The van der Waals surface area contributed by atoms with Crippen molar-refractivity contribution in [2.24, 2.45) is 0 Å². The average molecular weight is 486 g/mol. The zero-order valence-corrected chi connectivity index (χ0v) is 20.3. The molecule has 2 unspecified atom stereocenters. The lowest BCUT2D eigenvalue weighted by atomic mass is 9.91. The molecule has 2 atom stereocenters. The van der Waals surface area contributed by atoms with E-state index >= 15 is 0 Å². The van der Waals surface area contributed by atoms with Gasteiger partial charge in [-0.2, -0.15) is 15.6 Å². The van der Waals surface area contributed by atoms with E-state index in [0.717, 1.165) is 29.5 Å². The van der Waals surface area contributed by atoms with E-state index in [-0.39, 0.29) is 5.92 Å². The van der Waals surface area contributed by atoms with Crippen LogP contribution in [0.25, 0.3) is 11.1 Å². The second-order valence-electron chi connectivity index (χ2n) is 8.10. The van der Waals surface area contributed by atoms with Crippen LogP contribution in [-0.2, 0) is 19.6 Å². The van der Waals surface area contributed by atoms with E-state index in [9.17, 15) is 13.2 Å². The van der Waals surface area contributed by atoms with Gasteiger partial charge in [0.15, 0.2) is 6.10 Å². The molecule has 2 aromatic carbocycles. The number of nitrogens with zero attached hydrogens (tertiary/aromatic N) is 1. The van der Waals surface area contributed by atoms with Crippen molar-refractivity contribution in [3.05, 3.63) is 70.9 Å². The Morgan fingerprint density at radius 2 is 1.94 bits per heavy atom. The third kappa shape index (κ3) is 5.29.